The van der Waals surface area contributed by atoms with Gasteiger partial charge in [-0.2, -0.15) is 0 Å². The van der Waals surface area contributed by atoms with Gasteiger partial charge in [0.15, 0.2) is 5.78 Å². The summed E-state index contributed by atoms with van der Waals surface area (Å²) >= 11 is 0. The molecule has 0 amide bonds. The lowest BCUT2D eigenvalue weighted by Crippen LogP contribution is -2.34. The second-order valence-corrected chi connectivity index (χ2v) is 7.37. The monoisotopic (exact) mass is 277 g/mol. The van der Waals surface area contributed by atoms with Crippen LogP contribution < -0.4 is 0 Å². The molecular weight excluding hydrogens is 250 g/mol. The molecule has 3 nitrogen and oxygen atoms in total. The Morgan fingerprint density at radius 2 is 2.00 bits per heavy atom. The summed E-state index contributed by atoms with van der Waals surface area (Å²) in [7, 11) is 0. The maximum Gasteiger partial charge on any atom is 0.165 e. The van der Waals surface area contributed by atoms with E-state index in [4.69, 9.17) is 4.74 Å². The Kier molecular flexibility index (Phi) is 3.85. The first-order valence-electron chi connectivity index (χ1n) is 7.51. The number of aromatic nitrogens is 1. The summed E-state index contributed by atoms with van der Waals surface area (Å²) in [5, 5.41) is 0. The summed E-state index contributed by atoms with van der Waals surface area (Å²) < 4.78 is 8.10. The van der Waals surface area contributed by atoms with E-state index in [0.29, 0.717) is 13.0 Å². The summed E-state index contributed by atoms with van der Waals surface area (Å²) in [5.74, 6) is 0.285. The largest absolute Gasteiger partial charge is 0.374 e. The number of nitrogens with zero attached hydrogens (tertiary/aromatic N) is 1. The Morgan fingerprint density at radius 1 is 1.35 bits per heavy atom. The lowest BCUT2D eigenvalue weighted by atomic mass is 9.76. The van der Waals surface area contributed by atoms with Crippen LogP contribution in [-0.2, 0) is 17.7 Å². The molecule has 0 aliphatic heterocycles. The van der Waals surface area contributed by atoms with Crippen molar-refractivity contribution in [1.29, 1.82) is 0 Å². The molecule has 112 valence electrons. The van der Waals surface area contributed by atoms with E-state index in [1.165, 1.54) is 5.69 Å². The third-order valence-electron chi connectivity index (χ3n) is 4.08. The lowest BCUT2D eigenvalue weighted by Gasteiger charge is -2.32. The van der Waals surface area contributed by atoms with Crippen molar-refractivity contribution in [2.45, 2.75) is 66.5 Å². The normalized spacial score (nSPS) is 18.2. The summed E-state index contributed by atoms with van der Waals surface area (Å²) in [6, 6.07) is 2.05. The summed E-state index contributed by atoms with van der Waals surface area (Å²) in [6.07, 6.45) is 1.61. The van der Waals surface area contributed by atoms with Crippen LogP contribution in [0.1, 0.15) is 62.8 Å². The van der Waals surface area contributed by atoms with Crippen molar-refractivity contribution in [2.24, 2.45) is 5.41 Å². The molecular formula is C17H27NO2. The minimum absolute atomic E-state index is 0.0579. The number of aryl methyl sites for hydroxylation is 1. The molecule has 1 aliphatic carbocycles. The molecule has 0 saturated heterocycles. The highest BCUT2D eigenvalue weighted by Crippen LogP contribution is 2.36. The average molecular weight is 277 g/mol. The van der Waals surface area contributed by atoms with Crippen molar-refractivity contribution >= 4 is 5.78 Å². The fourth-order valence-corrected chi connectivity index (χ4v) is 3.24. The highest BCUT2D eigenvalue weighted by atomic mass is 16.5. The van der Waals surface area contributed by atoms with Gasteiger partial charge in [-0.25, -0.2) is 0 Å². The minimum atomic E-state index is -0.211. The predicted molar refractivity (Wildman–Crippen MR) is 81.3 cm³/mol. The zero-order valence-corrected chi connectivity index (χ0v) is 13.7. The molecule has 0 aromatic carbocycles. The third-order valence-corrected chi connectivity index (χ3v) is 4.08. The van der Waals surface area contributed by atoms with Gasteiger partial charge in [-0.15, -0.1) is 0 Å². The molecule has 0 saturated carbocycles. The number of hydrogen-bond acceptors (Lipinski definition) is 2. The number of Topliss-reactive ketones (excluding diaryl/α,β-unsaturated/α-hetero) is 1. The molecule has 20 heavy (non-hydrogen) atoms. The van der Waals surface area contributed by atoms with Crippen LogP contribution in [0.15, 0.2) is 6.07 Å². The van der Waals surface area contributed by atoms with Gasteiger partial charge >= 0.3 is 0 Å². The van der Waals surface area contributed by atoms with Gasteiger partial charge in [0.05, 0.1) is 12.1 Å². The van der Waals surface area contributed by atoms with Crippen molar-refractivity contribution in [3.8, 4) is 0 Å². The van der Waals surface area contributed by atoms with Gasteiger partial charge in [0, 0.05) is 30.0 Å². The van der Waals surface area contributed by atoms with Crippen molar-refractivity contribution < 1.29 is 9.53 Å². The first-order chi connectivity index (χ1) is 9.15. The van der Waals surface area contributed by atoms with E-state index < -0.39 is 0 Å². The highest BCUT2D eigenvalue weighted by Gasteiger charge is 2.34. The van der Waals surface area contributed by atoms with Crippen molar-refractivity contribution in [3.05, 3.63) is 23.0 Å². The number of carbonyl (C=O) groups excluding carboxylic acids is 1. The van der Waals surface area contributed by atoms with E-state index in [9.17, 15) is 4.79 Å². The smallest absolute Gasteiger partial charge is 0.165 e. The Balaban J connectivity index is 2.39. The number of rotatable bonds is 4. The van der Waals surface area contributed by atoms with Gasteiger partial charge in [0.25, 0.3) is 0 Å². The Bertz CT molecular complexity index is 523. The molecule has 1 aromatic heterocycles. The molecule has 2 rings (SSSR count). The number of fused-ring (bicyclic) bond motifs is 1. The molecule has 0 bridgehead atoms. The SMILES string of the molecule is CCOC(C)(C)Cn1c(C)cc2c1CC(C)(C)CC2=O. The predicted octanol–water partition coefficient (Wildman–Crippen LogP) is 3.77. The standard InChI is InChI=1S/C17H27NO2/c1-7-20-17(5,6)11-18-12(2)8-13-14(18)9-16(3,4)10-15(13)19/h8H,7,9-11H2,1-6H3. The van der Waals surface area contributed by atoms with Gasteiger partial charge in [0.2, 0.25) is 0 Å². The molecule has 0 radical (unpaired) electrons. The van der Waals surface area contributed by atoms with Crippen LogP contribution in [0.2, 0.25) is 0 Å². The zero-order valence-electron chi connectivity index (χ0n) is 13.7. The van der Waals surface area contributed by atoms with Gasteiger partial charge in [-0.1, -0.05) is 13.8 Å². The number of ether oxygens (including phenoxy) is 1. The Labute approximate surface area is 122 Å². The second-order valence-electron chi connectivity index (χ2n) is 7.37. The van der Waals surface area contributed by atoms with Gasteiger partial charge in [-0.3, -0.25) is 4.79 Å². The van der Waals surface area contributed by atoms with Crippen molar-refractivity contribution in [2.75, 3.05) is 6.61 Å². The van der Waals surface area contributed by atoms with Crippen LogP contribution in [0.25, 0.3) is 0 Å². The minimum Gasteiger partial charge on any atom is -0.374 e. The fourth-order valence-electron chi connectivity index (χ4n) is 3.24. The van der Waals surface area contributed by atoms with Crippen LogP contribution >= 0.6 is 0 Å². The van der Waals surface area contributed by atoms with Crippen LogP contribution in [0.4, 0.5) is 0 Å². The van der Waals surface area contributed by atoms with E-state index in [2.05, 4.69) is 45.3 Å². The summed E-state index contributed by atoms with van der Waals surface area (Å²) in [4.78, 5) is 12.3. The van der Waals surface area contributed by atoms with Gasteiger partial charge in [0.1, 0.15) is 0 Å². The maximum absolute atomic E-state index is 12.3. The van der Waals surface area contributed by atoms with E-state index in [1.54, 1.807) is 0 Å². The van der Waals surface area contributed by atoms with Crippen molar-refractivity contribution in [1.82, 2.24) is 4.57 Å². The maximum atomic E-state index is 12.3. The van der Waals surface area contributed by atoms with E-state index in [0.717, 1.165) is 24.2 Å². The molecule has 0 unspecified atom stereocenters. The molecule has 1 heterocycles. The molecule has 1 aliphatic rings. The third kappa shape index (κ3) is 2.98. The molecule has 3 heteroatoms. The lowest BCUT2D eigenvalue weighted by molar-refractivity contribution is -0.0234. The fraction of sp³-hybridized carbons (Fsp3) is 0.706. The molecule has 0 atom stereocenters. The number of ketones is 1. The summed E-state index contributed by atoms with van der Waals surface area (Å²) in [6.45, 7) is 14.2. The van der Waals surface area contributed by atoms with E-state index >= 15 is 0 Å². The Hall–Kier alpha value is -1.09. The van der Waals surface area contributed by atoms with E-state index in [1.807, 2.05) is 6.92 Å². The van der Waals surface area contributed by atoms with Gasteiger partial charge < -0.3 is 9.30 Å². The molecule has 0 N–H and O–H groups in total. The molecule has 1 aromatic rings. The van der Waals surface area contributed by atoms with Crippen LogP contribution in [0.5, 0.6) is 0 Å². The topological polar surface area (TPSA) is 31.2 Å². The van der Waals surface area contributed by atoms with Crippen LogP contribution in [0.3, 0.4) is 0 Å². The zero-order chi connectivity index (χ0) is 15.1. The van der Waals surface area contributed by atoms with Crippen LogP contribution in [0, 0.1) is 12.3 Å². The number of hydrogen-bond donors (Lipinski definition) is 0. The highest BCUT2D eigenvalue weighted by molar-refractivity contribution is 5.99. The second kappa shape index (κ2) is 5.03. The van der Waals surface area contributed by atoms with Gasteiger partial charge in [-0.05, 0) is 45.6 Å². The molecule has 0 spiro atoms. The quantitative estimate of drug-likeness (QED) is 0.839. The summed E-state index contributed by atoms with van der Waals surface area (Å²) in [5.41, 5.74) is 3.12. The first kappa shape index (κ1) is 15.3. The Morgan fingerprint density at radius 3 is 2.60 bits per heavy atom. The van der Waals surface area contributed by atoms with E-state index in [-0.39, 0.29) is 16.8 Å². The number of carbonyl (C=O) groups is 1. The molecule has 0 fully saturated rings. The first-order valence-corrected chi connectivity index (χ1v) is 7.51. The van der Waals surface area contributed by atoms with Crippen molar-refractivity contribution in [3.63, 3.8) is 0 Å². The average Bonchev–Trinajstić information content (AvgIpc) is 2.55. The van der Waals surface area contributed by atoms with Crippen LogP contribution in [-0.4, -0.2) is 22.6 Å².